The number of hydrogen-bond donors (Lipinski definition) is 0. The number of fused-ring (bicyclic) bond motifs is 1. The lowest BCUT2D eigenvalue weighted by Crippen LogP contribution is -2.52. The van der Waals surface area contributed by atoms with Gasteiger partial charge in [-0.2, -0.15) is 5.26 Å². The van der Waals surface area contributed by atoms with Crippen LogP contribution >= 0.6 is 0 Å². The lowest BCUT2D eigenvalue weighted by molar-refractivity contribution is 0.102. The third kappa shape index (κ3) is 2.51. The standard InChI is InChI=1S/C16H20FN3/c1-19-5-2-3-13-11-20(6-4-16(13)19)15-8-12(10-18)7-14(17)9-15/h7-9,13,16H,2-6,11H2,1H3. The quantitative estimate of drug-likeness (QED) is 0.788. The van der Waals surface area contributed by atoms with Crippen LogP contribution in [0.25, 0.3) is 0 Å². The molecule has 2 aliphatic heterocycles. The summed E-state index contributed by atoms with van der Waals surface area (Å²) in [7, 11) is 2.21. The van der Waals surface area contributed by atoms with Gasteiger partial charge in [0.05, 0.1) is 11.6 Å². The summed E-state index contributed by atoms with van der Waals surface area (Å²) in [6.07, 6.45) is 3.63. The van der Waals surface area contributed by atoms with Crippen LogP contribution in [0.15, 0.2) is 18.2 Å². The maximum Gasteiger partial charge on any atom is 0.126 e. The minimum Gasteiger partial charge on any atom is -0.371 e. The van der Waals surface area contributed by atoms with Crippen molar-refractivity contribution in [2.24, 2.45) is 5.92 Å². The van der Waals surface area contributed by atoms with Gasteiger partial charge in [0.1, 0.15) is 5.82 Å². The van der Waals surface area contributed by atoms with E-state index in [1.165, 1.54) is 25.5 Å². The van der Waals surface area contributed by atoms with Crippen LogP contribution in [-0.4, -0.2) is 37.6 Å². The Morgan fingerprint density at radius 1 is 1.25 bits per heavy atom. The van der Waals surface area contributed by atoms with Crippen LogP contribution < -0.4 is 4.90 Å². The zero-order valence-electron chi connectivity index (χ0n) is 11.8. The fourth-order valence-corrected chi connectivity index (χ4v) is 3.71. The van der Waals surface area contributed by atoms with Crippen molar-refractivity contribution in [2.45, 2.75) is 25.3 Å². The van der Waals surface area contributed by atoms with Gasteiger partial charge in [-0.3, -0.25) is 0 Å². The first-order valence-corrected chi connectivity index (χ1v) is 7.33. The molecular weight excluding hydrogens is 253 g/mol. The highest BCUT2D eigenvalue weighted by atomic mass is 19.1. The first-order chi connectivity index (χ1) is 9.67. The van der Waals surface area contributed by atoms with Crippen molar-refractivity contribution in [1.82, 2.24) is 4.90 Å². The number of rotatable bonds is 1. The summed E-state index contributed by atoms with van der Waals surface area (Å²) in [6.45, 7) is 3.11. The molecule has 0 N–H and O–H groups in total. The summed E-state index contributed by atoms with van der Waals surface area (Å²) >= 11 is 0. The molecule has 0 spiro atoms. The molecule has 0 bridgehead atoms. The predicted molar refractivity (Wildman–Crippen MR) is 77.1 cm³/mol. The van der Waals surface area contributed by atoms with Crippen molar-refractivity contribution in [3.8, 4) is 6.07 Å². The molecule has 2 fully saturated rings. The van der Waals surface area contributed by atoms with Crippen LogP contribution in [0, 0.1) is 23.1 Å². The summed E-state index contributed by atoms with van der Waals surface area (Å²) in [6, 6.07) is 7.35. The van der Waals surface area contributed by atoms with E-state index in [0.29, 0.717) is 17.5 Å². The van der Waals surface area contributed by atoms with E-state index in [9.17, 15) is 4.39 Å². The second-order valence-electron chi connectivity index (χ2n) is 5.99. The fourth-order valence-electron chi connectivity index (χ4n) is 3.71. The summed E-state index contributed by atoms with van der Waals surface area (Å²) in [5, 5.41) is 8.97. The van der Waals surface area contributed by atoms with Crippen LogP contribution in [0.4, 0.5) is 10.1 Å². The van der Waals surface area contributed by atoms with Crippen molar-refractivity contribution in [3.05, 3.63) is 29.6 Å². The Morgan fingerprint density at radius 2 is 2.10 bits per heavy atom. The number of likely N-dealkylation sites (tertiary alicyclic amines) is 1. The van der Waals surface area contributed by atoms with Crippen LogP contribution in [0.1, 0.15) is 24.8 Å². The third-order valence-corrected chi connectivity index (χ3v) is 4.72. The second-order valence-corrected chi connectivity index (χ2v) is 5.99. The van der Waals surface area contributed by atoms with Crippen molar-refractivity contribution < 1.29 is 4.39 Å². The Kier molecular flexibility index (Phi) is 3.62. The van der Waals surface area contributed by atoms with Crippen molar-refractivity contribution in [1.29, 1.82) is 5.26 Å². The lowest BCUT2D eigenvalue weighted by atomic mass is 9.84. The highest BCUT2D eigenvalue weighted by molar-refractivity contribution is 5.52. The zero-order valence-corrected chi connectivity index (χ0v) is 11.8. The minimum absolute atomic E-state index is 0.318. The molecule has 1 aromatic carbocycles. The van der Waals surface area contributed by atoms with E-state index in [1.807, 2.05) is 6.07 Å². The smallest absolute Gasteiger partial charge is 0.126 e. The maximum absolute atomic E-state index is 13.6. The molecule has 0 aliphatic carbocycles. The topological polar surface area (TPSA) is 30.3 Å². The Bertz CT molecular complexity index is 537. The van der Waals surface area contributed by atoms with Gasteiger partial charge in [0.25, 0.3) is 0 Å². The number of anilines is 1. The van der Waals surface area contributed by atoms with Crippen molar-refractivity contribution >= 4 is 5.69 Å². The van der Waals surface area contributed by atoms with Gasteiger partial charge in [-0.15, -0.1) is 0 Å². The molecular formula is C16H20FN3. The summed E-state index contributed by atoms with van der Waals surface area (Å²) in [4.78, 5) is 4.71. The van der Waals surface area contributed by atoms with E-state index in [-0.39, 0.29) is 5.82 Å². The van der Waals surface area contributed by atoms with E-state index in [0.717, 1.165) is 25.2 Å². The Balaban J connectivity index is 1.79. The molecule has 1 aromatic rings. The van der Waals surface area contributed by atoms with Crippen LogP contribution in [0.5, 0.6) is 0 Å². The predicted octanol–water partition coefficient (Wildman–Crippen LogP) is 2.62. The van der Waals surface area contributed by atoms with E-state index in [2.05, 4.69) is 16.8 Å². The number of halogens is 1. The molecule has 0 amide bonds. The Morgan fingerprint density at radius 3 is 2.90 bits per heavy atom. The van der Waals surface area contributed by atoms with E-state index < -0.39 is 0 Å². The van der Waals surface area contributed by atoms with Gasteiger partial charge in [-0.1, -0.05) is 0 Å². The molecule has 2 atom stereocenters. The highest BCUT2D eigenvalue weighted by Crippen LogP contribution is 2.32. The van der Waals surface area contributed by atoms with E-state index in [4.69, 9.17) is 5.26 Å². The molecule has 3 rings (SSSR count). The van der Waals surface area contributed by atoms with Gasteiger partial charge in [-0.05, 0) is 57.0 Å². The molecule has 0 aromatic heterocycles. The van der Waals surface area contributed by atoms with E-state index >= 15 is 0 Å². The van der Waals surface area contributed by atoms with Gasteiger partial charge < -0.3 is 9.80 Å². The van der Waals surface area contributed by atoms with Gasteiger partial charge in [-0.25, -0.2) is 4.39 Å². The fraction of sp³-hybridized carbons (Fsp3) is 0.562. The molecule has 4 heteroatoms. The van der Waals surface area contributed by atoms with Gasteiger partial charge in [0.2, 0.25) is 0 Å². The average molecular weight is 273 g/mol. The second kappa shape index (κ2) is 5.41. The van der Waals surface area contributed by atoms with Gasteiger partial charge >= 0.3 is 0 Å². The molecule has 2 heterocycles. The molecule has 2 aliphatic rings. The van der Waals surface area contributed by atoms with Gasteiger partial charge in [0, 0.05) is 24.8 Å². The van der Waals surface area contributed by atoms with E-state index in [1.54, 1.807) is 12.1 Å². The molecule has 2 unspecified atom stereocenters. The molecule has 0 saturated carbocycles. The van der Waals surface area contributed by atoms with Gasteiger partial charge in [0.15, 0.2) is 0 Å². The first kappa shape index (κ1) is 13.4. The Labute approximate surface area is 119 Å². The molecule has 106 valence electrons. The number of nitriles is 1. The van der Waals surface area contributed by atoms with Crippen molar-refractivity contribution in [2.75, 3.05) is 31.6 Å². The Hall–Kier alpha value is -1.60. The SMILES string of the molecule is CN1CCCC2CN(c3cc(F)cc(C#N)c3)CCC21. The van der Waals surface area contributed by atoms with Crippen LogP contribution in [0.2, 0.25) is 0 Å². The molecule has 2 saturated heterocycles. The number of piperidine rings is 2. The van der Waals surface area contributed by atoms with Crippen molar-refractivity contribution in [3.63, 3.8) is 0 Å². The summed E-state index contributed by atoms with van der Waals surface area (Å²) in [5.74, 6) is 0.346. The summed E-state index contributed by atoms with van der Waals surface area (Å²) < 4.78 is 13.6. The lowest BCUT2D eigenvalue weighted by Gasteiger charge is -2.46. The largest absolute Gasteiger partial charge is 0.371 e. The third-order valence-electron chi connectivity index (χ3n) is 4.72. The number of benzene rings is 1. The normalized spacial score (nSPS) is 26.9. The highest BCUT2D eigenvalue weighted by Gasteiger charge is 2.34. The van der Waals surface area contributed by atoms with Crippen LogP contribution in [-0.2, 0) is 0 Å². The summed E-state index contributed by atoms with van der Waals surface area (Å²) in [5.41, 5.74) is 1.26. The number of nitrogens with zero attached hydrogens (tertiary/aromatic N) is 3. The first-order valence-electron chi connectivity index (χ1n) is 7.33. The average Bonchev–Trinajstić information content (AvgIpc) is 2.46. The van der Waals surface area contributed by atoms with Crippen LogP contribution in [0.3, 0.4) is 0 Å². The number of hydrogen-bond acceptors (Lipinski definition) is 3. The zero-order chi connectivity index (χ0) is 14.1. The minimum atomic E-state index is -0.318. The molecule has 0 radical (unpaired) electrons. The molecule has 3 nitrogen and oxygen atoms in total. The monoisotopic (exact) mass is 273 g/mol. The maximum atomic E-state index is 13.6. The molecule has 20 heavy (non-hydrogen) atoms.